The second kappa shape index (κ2) is 6.23. The zero-order chi connectivity index (χ0) is 16.2. The maximum Gasteiger partial charge on any atom is 0.291 e. The molecule has 2 aromatic heterocycles. The van der Waals surface area contributed by atoms with Gasteiger partial charge in [0, 0.05) is 11.4 Å². The summed E-state index contributed by atoms with van der Waals surface area (Å²) in [4.78, 5) is 24.0. The van der Waals surface area contributed by atoms with E-state index in [1.165, 1.54) is 12.5 Å². The van der Waals surface area contributed by atoms with Gasteiger partial charge < -0.3 is 19.5 Å². The number of hydrogen-bond donors (Lipinski definition) is 2. The molecule has 23 heavy (non-hydrogen) atoms. The highest BCUT2D eigenvalue weighted by atomic mass is 16.3. The maximum atomic E-state index is 12.0. The summed E-state index contributed by atoms with van der Waals surface area (Å²) < 4.78 is 10.1. The Morgan fingerprint density at radius 1 is 0.870 bits per heavy atom. The number of nitrogens with one attached hydrogen (secondary N) is 2. The topological polar surface area (TPSA) is 84.5 Å². The van der Waals surface area contributed by atoms with E-state index >= 15 is 0 Å². The molecular weight excluding hydrogens is 296 g/mol. The number of carbonyl (C=O) groups excluding carboxylic acids is 2. The number of hydrogen-bond acceptors (Lipinski definition) is 4. The number of aryl methyl sites for hydroxylation is 1. The number of amides is 2. The first kappa shape index (κ1) is 14.6. The van der Waals surface area contributed by atoms with Crippen molar-refractivity contribution < 1.29 is 18.4 Å². The first-order chi connectivity index (χ1) is 11.1. The fourth-order valence-electron chi connectivity index (χ4n) is 2.03. The van der Waals surface area contributed by atoms with Gasteiger partial charge >= 0.3 is 0 Å². The van der Waals surface area contributed by atoms with Gasteiger partial charge in [-0.15, -0.1) is 0 Å². The van der Waals surface area contributed by atoms with Crippen LogP contribution in [0.1, 0.15) is 26.7 Å². The van der Waals surface area contributed by atoms with Crippen molar-refractivity contribution in [1.29, 1.82) is 0 Å². The summed E-state index contributed by atoms with van der Waals surface area (Å²) in [5.41, 5.74) is 2.00. The van der Waals surface area contributed by atoms with Gasteiger partial charge in [-0.3, -0.25) is 9.59 Å². The fraction of sp³-hybridized carbons (Fsp3) is 0.0588. The molecule has 0 radical (unpaired) electrons. The minimum Gasteiger partial charge on any atom is -0.459 e. The molecule has 0 bridgehead atoms. The summed E-state index contributed by atoms with van der Waals surface area (Å²) in [6.45, 7) is 1.86. The molecule has 6 nitrogen and oxygen atoms in total. The first-order valence-corrected chi connectivity index (χ1v) is 6.94. The molecule has 0 atom stereocenters. The van der Waals surface area contributed by atoms with E-state index in [-0.39, 0.29) is 23.3 Å². The highest BCUT2D eigenvalue weighted by Crippen LogP contribution is 2.21. The van der Waals surface area contributed by atoms with Crippen LogP contribution in [0.2, 0.25) is 0 Å². The summed E-state index contributed by atoms with van der Waals surface area (Å²) in [6, 6.07) is 11.7. The summed E-state index contributed by atoms with van der Waals surface area (Å²) >= 11 is 0. The molecule has 0 aliphatic carbocycles. The summed E-state index contributed by atoms with van der Waals surface area (Å²) in [7, 11) is 0. The van der Waals surface area contributed by atoms with Gasteiger partial charge in [0.1, 0.15) is 0 Å². The Morgan fingerprint density at radius 2 is 1.48 bits per heavy atom. The van der Waals surface area contributed by atoms with Gasteiger partial charge in [-0.1, -0.05) is 6.07 Å². The zero-order valence-electron chi connectivity index (χ0n) is 12.3. The molecular formula is C17H14N2O4. The Labute approximate surface area is 132 Å². The average Bonchev–Trinajstić information content (AvgIpc) is 3.23. The minimum atomic E-state index is -0.359. The lowest BCUT2D eigenvalue weighted by Crippen LogP contribution is -2.14. The van der Waals surface area contributed by atoms with Crippen molar-refractivity contribution in [3.8, 4) is 0 Å². The fourth-order valence-corrected chi connectivity index (χ4v) is 2.03. The Bertz CT molecular complexity index is 820. The van der Waals surface area contributed by atoms with E-state index in [4.69, 9.17) is 8.83 Å². The molecule has 0 saturated carbocycles. The Balaban J connectivity index is 1.76. The number of rotatable bonds is 4. The third kappa shape index (κ3) is 3.32. The molecule has 0 fully saturated rings. The van der Waals surface area contributed by atoms with Crippen molar-refractivity contribution in [1.82, 2.24) is 0 Å². The molecule has 0 saturated heterocycles. The van der Waals surface area contributed by atoms with Crippen LogP contribution in [0.4, 0.5) is 11.4 Å². The van der Waals surface area contributed by atoms with Crippen LogP contribution in [0.25, 0.3) is 0 Å². The van der Waals surface area contributed by atoms with Crippen LogP contribution >= 0.6 is 0 Å². The third-order valence-electron chi connectivity index (χ3n) is 3.23. The van der Waals surface area contributed by atoms with Crippen LogP contribution in [0, 0.1) is 6.92 Å². The monoisotopic (exact) mass is 310 g/mol. The van der Waals surface area contributed by atoms with Crippen LogP contribution in [-0.4, -0.2) is 11.8 Å². The van der Waals surface area contributed by atoms with Crippen LogP contribution in [0.5, 0.6) is 0 Å². The average molecular weight is 310 g/mol. The van der Waals surface area contributed by atoms with E-state index in [2.05, 4.69) is 10.6 Å². The molecule has 3 rings (SSSR count). The van der Waals surface area contributed by atoms with Gasteiger partial charge in [0.2, 0.25) is 0 Å². The molecule has 116 valence electrons. The normalized spacial score (nSPS) is 10.3. The third-order valence-corrected chi connectivity index (χ3v) is 3.23. The summed E-state index contributed by atoms with van der Waals surface area (Å²) in [6.07, 6.45) is 2.86. The smallest absolute Gasteiger partial charge is 0.291 e. The summed E-state index contributed by atoms with van der Waals surface area (Å²) in [5, 5.41) is 5.47. The van der Waals surface area contributed by atoms with Gasteiger partial charge in [0.25, 0.3) is 11.8 Å². The van der Waals surface area contributed by atoms with E-state index in [0.29, 0.717) is 11.4 Å². The lowest BCUT2D eigenvalue weighted by molar-refractivity contribution is 0.0990. The van der Waals surface area contributed by atoms with Crippen molar-refractivity contribution in [2.45, 2.75) is 6.92 Å². The zero-order valence-corrected chi connectivity index (χ0v) is 12.3. The van der Waals surface area contributed by atoms with Crippen LogP contribution in [0.3, 0.4) is 0 Å². The van der Waals surface area contributed by atoms with Crippen molar-refractivity contribution in [2.24, 2.45) is 0 Å². The number of furan rings is 2. The van der Waals surface area contributed by atoms with Gasteiger partial charge in [-0.2, -0.15) is 0 Å². The SMILES string of the molecule is Cc1ccc(NC(=O)c2ccco2)cc1NC(=O)c1ccco1. The van der Waals surface area contributed by atoms with E-state index in [0.717, 1.165) is 5.56 Å². The number of anilines is 2. The Morgan fingerprint density at radius 3 is 2.04 bits per heavy atom. The highest BCUT2D eigenvalue weighted by Gasteiger charge is 2.12. The standard InChI is InChI=1S/C17H14N2O4/c1-11-6-7-12(18-16(20)14-4-2-8-22-14)10-13(11)19-17(21)15-5-3-9-23-15/h2-10H,1H3,(H,18,20)(H,19,21). The second-order valence-corrected chi connectivity index (χ2v) is 4.89. The van der Waals surface area contributed by atoms with Crippen molar-refractivity contribution in [3.63, 3.8) is 0 Å². The van der Waals surface area contributed by atoms with Gasteiger partial charge in [-0.05, 0) is 48.9 Å². The molecule has 3 aromatic rings. The molecule has 2 N–H and O–H groups in total. The molecule has 2 heterocycles. The maximum absolute atomic E-state index is 12.0. The largest absolute Gasteiger partial charge is 0.459 e. The predicted octanol–water partition coefficient (Wildman–Crippen LogP) is 3.69. The lowest BCUT2D eigenvalue weighted by atomic mass is 10.1. The first-order valence-electron chi connectivity index (χ1n) is 6.94. The van der Waals surface area contributed by atoms with Gasteiger partial charge in [-0.25, -0.2) is 0 Å². The molecule has 1 aromatic carbocycles. The van der Waals surface area contributed by atoms with E-state index in [1.807, 2.05) is 6.92 Å². The van der Waals surface area contributed by atoms with Crippen LogP contribution < -0.4 is 10.6 Å². The Hall–Kier alpha value is -3.28. The summed E-state index contributed by atoms with van der Waals surface area (Å²) in [5.74, 6) is -0.282. The quantitative estimate of drug-likeness (QED) is 0.769. The van der Waals surface area contributed by atoms with Crippen molar-refractivity contribution >= 4 is 23.2 Å². The number of carbonyl (C=O) groups is 2. The van der Waals surface area contributed by atoms with E-state index < -0.39 is 0 Å². The van der Waals surface area contributed by atoms with Crippen molar-refractivity contribution in [2.75, 3.05) is 10.6 Å². The van der Waals surface area contributed by atoms with Gasteiger partial charge in [0.15, 0.2) is 11.5 Å². The molecule has 0 spiro atoms. The van der Waals surface area contributed by atoms with E-state index in [9.17, 15) is 9.59 Å². The number of benzene rings is 1. The van der Waals surface area contributed by atoms with Crippen molar-refractivity contribution in [3.05, 3.63) is 72.1 Å². The van der Waals surface area contributed by atoms with Gasteiger partial charge in [0.05, 0.1) is 12.5 Å². The molecule has 0 aliphatic rings. The lowest BCUT2D eigenvalue weighted by Gasteiger charge is -2.10. The molecule has 2 amide bonds. The minimum absolute atomic E-state index is 0.215. The highest BCUT2D eigenvalue weighted by molar-refractivity contribution is 6.04. The predicted molar refractivity (Wildman–Crippen MR) is 84.5 cm³/mol. The van der Waals surface area contributed by atoms with Crippen LogP contribution in [-0.2, 0) is 0 Å². The molecule has 0 aliphatic heterocycles. The van der Waals surface area contributed by atoms with Crippen LogP contribution in [0.15, 0.2) is 63.8 Å². The van der Waals surface area contributed by atoms with E-state index in [1.54, 1.807) is 42.5 Å². The molecule has 0 unspecified atom stereocenters. The molecule has 6 heteroatoms. The Kier molecular flexibility index (Phi) is 3.97. The second-order valence-electron chi connectivity index (χ2n) is 4.89.